The zero-order valence-electron chi connectivity index (χ0n) is 21.7. The van der Waals surface area contributed by atoms with Crippen LogP contribution in [0.4, 0.5) is 4.39 Å². The Morgan fingerprint density at radius 3 is 1.97 bits per heavy atom. The molecule has 2 fully saturated rings. The molecule has 0 heterocycles. The first-order valence-electron chi connectivity index (χ1n) is 14.5. The molecule has 0 N–H and O–H groups in total. The molecule has 0 bridgehead atoms. The van der Waals surface area contributed by atoms with Crippen molar-refractivity contribution in [1.82, 2.24) is 0 Å². The lowest BCUT2D eigenvalue weighted by Gasteiger charge is -2.32. The maximum absolute atomic E-state index is 12.9. The van der Waals surface area contributed by atoms with Gasteiger partial charge in [0.15, 0.2) is 5.83 Å². The topological polar surface area (TPSA) is 23.8 Å². The van der Waals surface area contributed by atoms with Crippen LogP contribution >= 0.6 is 0 Å². The third-order valence-corrected chi connectivity index (χ3v) is 8.82. The summed E-state index contributed by atoms with van der Waals surface area (Å²) in [5, 5.41) is 8.51. The Morgan fingerprint density at radius 2 is 1.38 bits per heavy atom. The van der Waals surface area contributed by atoms with Gasteiger partial charge in [0.05, 0.1) is 0 Å². The molecule has 2 heteroatoms. The minimum absolute atomic E-state index is 0.617. The lowest BCUT2D eigenvalue weighted by atomic mass is 9.74. The Bertz CT molecular complexity index is 742. The van der Waals surface area contributed by atoms with Crippen LogP contribution < -0.4 is 0 Å². The van der Waals surface area contributed by atoms with Gasteiger partial charge in [0.2, 0.25) is 0 Å². The minimum atomic E-state index is -0.617. The summed E-state index contributed by atoms with van der Waals surface area (Å²) in [5.74, 6) is 2.76. The molecule has 1 aromatic rings. The number of allylic oxidation sites excluding steroid dienone is 2. The second-order valence-corrected chi connectivity index (χ2v) is 11.3. The number of nitriles is 1. The van der Waals surface area contributed by atoms with Gasteiger partial charge in [0.25, 0.3) is 0 Å². The zero-order valence-corrected chi connectivity index (χ0v) is 21.7. The molecule has 1 nitrogen and oxygen atoms in total. The molecule has 3 rings (SSSR count). The van der Waals surface area contributed by atoms with Crippen LogP contribution in [0, 0.1) is 29.1 Å². The first-order chi connectivity index (χ1) is 16.7. The molecule has 0 saturated heterocycles. The predicted octanol–water partition coefficient (Wildman–Crippen LogP) is 10.2. The van der Waals surface area contributed by atoms with E-state index in [9.17, 15) is 4.39 Å². The van der Waals surface area contributed by atoms with E-state index in [2.05, 4.69) is 31.2 Å². The molecule has 2 aliphatic carbocycles. The van der Waals surface area contributed by atoms with Crippen LogP contribution in [-0.2, 0) is 6.42 Å². The first-order valence-corrected chi connectivity index (χ1v) is 14.5. The highest BCUT2D eigenvalue weighted by Crippen LogP contribution is 2.40. The number of unbranched alkanes of at least 4 members (excludes halogenated alkanes) is 4. The van der Waals surface area contributed by atoms with Crippen molar-refractivity contribution in [1.29, 1.82) is 5.26 Å². The van der Waals surface area contributed by atoms with E-state index in [0.29, 0.717) is 0 Å². The van der Waals surface area contributed by atoms with Gasteiger partial charge < -0.3 is 0 Å². The monoisotopic (exact) mass is 465 g/mol. The van der Waals surface area contributed by atoms with Gasteiger partial charge in [-0.2, -0.15) is 9.65 Å². The van der Waals surface area contributed by atoms with Crippen LogP contribution in [0.1, 0.15) is 133 Å². The fourth-order valence-corrected chi connectivity index (χ4v) is 6.45. The highest BCUT2D eigenvalue weighted by atomic mass is 19.1. The second-order valence-electron chi connectivity index (χ2n) is 11.3. The Kier molecular flexibility index (Phi) is 12.2. The van der Waals surface area contributed by atoms with Gasteiger partial charge in [-0.3, -0.25) is 0 Å². The molecule has 0 spiro atoms. The van der Waals surface area contributed by atoms with Gasteiger partial charge in [-0.1, -0.05) is 95.4 Å². The normalized spacial score (nSPS) is 25.7. The van der Waals surface area contributed by atoms with Crippen molar-refractivity contribution in [2.75, 3.05) is 0 Å². The van der Waals surface area contributed by atoms with E-state index < -0.39 is 5.83 Å². The van der Waals surface area contributed by atoms with E-state index in [1.54, 1.807) is 11.6 Å². The average Bonchev–Trinajstić information content (AvgIpc) is 2.88. The van der Waals surface area contributed by atoms with Gasteiger partial charge in [-0.15, -0.1) is 0 Å². The van der Waals surface area contributed by atoms with Crippen LogP contribution in [-0.4, -0.2) is 0 Å². The summed E-state index contributed by atoms with van der Waals surface area (Å²) in [4.78, 5) is 0. The fraction of sp³-hybridized carbons (Fsp3) is 0.719. The SMILES string of the molecule is CCCCCCCc1ccc([C@H]2CC[C@H](CC[C@H]3CC[C@H](CCC=C(F)C#N)CC3)CC2)cc1. The van der Waals surface area contributed by atoms with E-state index in [1.807, 2.05) is 0 Å². The van der Waals surface area contributed by atoms with Gasteiger partial charge in [0, 0.05) is 0 Å². The molecule has 2 saturated carbocycles. The van der Waals surface area contributed by atoms with Crippen LogP contribution in [0.5, 0.6) is 0 Å². The van der Waals surface area contributed by atoms with E-state index in [0.717, 1.165) is 36.5 Å². The van der Waals surface area contributed by atoms with Crippen molar-refractivity contribution in [2.45, 2.75) is 128 Å². The van der Waals surface area contributed by atoms with Crippen LogP contribution in [0.2, 0.25) is 0 Å². The molecule has 0 aliphatic heterocycles. The summed E-state index contributed by atoms with van der Waals surface area (Å²) in [6, 6.07) is 11.2. The first kappa shape index (κ1) is 27.0. The minimum Gasteiger partial charge on any atom is -0.195 e. The van der Waals surface area contributed by atoms with Crippen molar-refractivity contribution in [3.8, 4) is 6.07 Å². The van der Waals surface area contributed by atoms with Gasteiger partial charge in [-0.25, -0.2) is 0 Å². The molecule has 0 aromatic heterocycles. The number of hydrogen-bond donors (Lipinski definition) is 0. The second kappa shape index (κ2) is 15.4. The van der Waals surface area contributed by atoms with Crippen molar-refractivity contribution < 1.29 is 4.39 Å². The summed E-state index contributed by atoms with van der Waals surface area (Å²) in [6.45, 7) is 2.28. The fourth-order valence-electron chi connectivity index (χ4n) is 6.45. The maximum Gasteiger partial charge on any atom is 0.196 e. The van der Waals surface area contributed by atoms with E-state index in [1.165, 1.54) is 114 Å². The van der Waals surface area contributed by atoms with Crippen LogP contribution in [0.3, 0.4) is 0 Å². The summed E-state index contributed by atoms with van der Waals surface area (Å²) < 4.78 is 12.9. The van der Waals surface area contributed by atoms with Crippen molar-refractivity contribution in [2.24, 2.45) is 17.8 Å². The molecule has 0 radical (unpaired) electrons. The molecular formula is C32H48FN. The lowest BCUT2D eigenvalue weighted by Crippen LogP contribution is -2.17. The maximum atomic E-state index is 12.9. The van der Waals surface area contributed by atoms with Crippen LogP contribution in [0.15, 0.2) is 36.2 Å². The molecule has 1 aromatic carbocycles. The number of hydrogen-bond acceptors (Lipinski definition) is 1. The molecule has 0 amide bonds. The summed E-state index contributed by atoms with van der Waals surface area (Å²) in [5.41, 5.74) is 3.10. The predicted molar refractivity (Wildman–Crippen MR) is 142 cm³/mol. The Labute approximate surface area is 209 Å². The third-order valence-electron chi connectivity index (χ3n) is 8.82. The van der Waals surface area contributed by atoms with E-state index in [4.69, 9.17) is 5.26 Å². The van der Waals surface area contributed by atoms with Gasteiger partial charge in [0.1, 0.15) is 6.07 Å². The average molecular weight is 466 g/mol. The number of nitrogens with zero attached hydrogens (tertiary/aromatic N) is 1. The standard InChI is InChI=1S/C32H48FN/c1-2-3-4-5-6-8-26-17-21-30(22-18-26)31-23-19-29(20-24-31)16-15-28-13-11-27(12-14-28)9-7-10-32(33)25-34/h10,17-18,21-22,27-29,31H,2-9,11-16,19-20,23-24H2,1H3/t27-,28-,29-,31-. The van der Waals surface area contributed by atoms with Crippen LogP contribution in [0.25, 0.3) is 0 Å². The number of aryl methyl sites for hydroxylation is 1. The largest absolute Gasteiger partial charge is 0.196 e. The molecule has 34 heavy (non-hydrogen) atoms. The summed E-state index contributed by atoms with van der Waals surface area (Å²) in [6.07, 6.45) is 25.0. The quantitative estimate of drug-likeness (QED) is 0.210. The Hall–Kier alpha value is -1.62. The number of benzene rings is 1. The highest BCUT2D eigenvalue weighted by molar-refractivity contribution is 5.26. The summed E-state index contributed by atoms with van der Waals surface area (Å²) in [7, 11) is 0. The van der Waals surface area contributed by atoms with E-state index >= 15 is 0 Å². The Morgan fingerprint density at radius 1 is 0.824 bits per heavy atom. The third kappa shape index (κ3) is 9.56. The van der Waals surface area contributed by atoms with Gasteiger partial charge >= 0.3 is 0 Å². The highest BCUT2D eigenvalue weighted by Gasteiger charge is 2.25. The molecular weight excluding hydrogens is 417 g/mol. The lowest BCUT2D eigenvalue weighted by molar-refractivity contribution is 0.225. The van der Waals surface area contributed by atoms with Crippen molar-refractivity contribution in [3.63, 3.8) is 0 Å². The molecule has 188 valence electrons. The van der Waals surface area contributed by atoms with E-state index in [-0.39, 0.29) is 0 Å². The number of rotatable bonds is 13. The molecule has 0 atom stereocenters. The number of halogens is 1. The van der Waals surface area contributed by atoms with Gasteiger partial charge in [-0.05, 0) is 92.2 Å². The molecule has 2 aliphatic rings. The Balaban J connectivity index is 1.27. The van der Waals surface area contributed by atoms with Crippen molar-refractivity contribution >= 4 is 0 Å². The smallest absolute Gasteiger partial charge is 0.195 e. The summed E-state index contributed by atoms with van der Waals surface area (Å²) >= 11 is 0. The molecule has 0 unspecified atom stereocenters. The zero-order chi connectivity index (χ0) is 24.0. The van der Waals surface area contributed by atoms with Crippen molar-refractivity contribution in [3.05, 3.63) is 47.3 Å².